The van der Waals surface area contributed by atoms with Crippen molar-refractivity contribution in [2.45, 2.75) is 32.6 Å². The number of ether oxygens (including phenoxy) is 1. The number of rotatable bonds is 3. The number of nitrogens with zero attached hydrogens (tertiary/aromatic N) is 1. The minimum absolute atomic E-state index is 0.00609. The maximum absolute atomic E-state index is 13.6. The van der Waals surface area contributed by atoms with Crippen molar-refractivity contribution in [2.75, 3.05) is 7.11 Å². The predicted molar refractivity (Wildman–Crippen MR) is 81.4 cm³/mol. The summed E-state index contributed by atoms with van der Waals surface area (Å²) in [5.74, 6) is -0.981. The zero-order chi connectivity index (χ0) is 15.6. The predicted octanol–water partition coefficient (Wildman–Crippen LogP) is 3.96. The average molecular weight is 307 g/mol. The van der Waals surface area contributed by atoms with Gasteiger partial charge in [0.25, 0.3) is 0 Å². The molecule has 0 atom stereocenters. The highest BCUT2D eigenvalue weighted by molar-refractivity contribution is 7.09. The van der Waals surface area contributed by atoms with Gasteiger partial charge in [-0.25, -0.2) is 14.2 Å². The van der Waals surface area contributed by atoms with E-state index >= 15 is 0 Å². The quantitative estimate of drug-likeness (QED) is 0.806. The van der Waals surface area contributed by atoms with Gasteiger partial charge in [0.15, 0.2) is 0 Å². The van der Waals surface area contributed by atoms with Gasteiger partial charge in [-0.05, 0) is 23.8 Å². The Balaban J connectivity index is 2.25. The molecule has 0 unspecified atom stereocenters. The highest BCUT2D eigenvalue weighted by Crippen LogP contribution is 2.25. The van der Waals surface area contributed by atoms with Gasteiger partial charge in [-0.1, -0.05) is 20.8 Å². The Morgan fingerprint density at radius 3 is 2.62 bits per heavy atom. The van der Waals surface area contributed by atoms with Gasteiger partial charge < -0.3 is 4.74 Å². The molecule has 0 aliphatic heterocycles. The number of esters is 1. The molecular formula is C16H18FNO2S. The van der Waals surface area contributed by atoms with Crippen LogP contribution in [-0.2, 0) is 16.6 Å². The number of methoxy groups -OCH3 is 1. The second kappa shape index (κ2) is 5.93. The summed E-state index contributed by atoms with van der Waals surface area (Å²) in [6.07, 6.45) is 0.502. The largest absolute Gasteiger partial charge is 0.465 e. The van der Waals surface area contributed by atoms with Gasteiger partial charge in [0.1, 0.15) is 5.82 Å². The molecule has 0 saturated carbocycles. The second-order valence-corrected chi connectivity index (χ2v) is 6.84. The number of hydrogen-bond donors (Lipinski definition) is 0. The molecule has 0 N–H and O–H groups in total. The number of carbonyl (C=O) groups is 1. The zero-order valence-corrected chi connectivity index (χ0v) is 13.4. The van der Waals surface area contributed by atoms with Gasteiger partial charge in [-0.15, -0.1) is 11.3 Å². The summed E-state index contributed by atoms with van der Waals surface area (Å²) in [6, 6.07) is 4.25. The fourth-order valence-electron chi connectivity index (χ4n) is 1.90. The first kappa shape index (κ1) is 15.6. The van der Waals surface area contributed by atoms with Crippen LogP contribution in [0.15, 0.2) is 23.6 Å². The van der Waals surface area contributed by atoms with Crippen LogP contribution in [0.4, 0.5) is 4.39 Å². The van der Waals surface area contributed by atoms with Crippen LogP contribution in [0.25, 0.3) is 0 Å². The second-order valence-electron chi connectivity index (χ2n) is 5.89. The molecular weight excluding hydrogens is 289 g/mol. The molecule has 1 aromatic carbocycles. The highest BCUT2D eigenvalue weighted by atomic mass is 32.1. The van der Waals surface area contributed by atoms with Gasteiger partial charge in [0.2, 0.25) is 0 Å². The maximum Gasteiger partial charge on any atom is 0.337 e. The van der Waals surface area contributed by atoms with E-state index in [1.807, 2.05) is 5.38 Å². The lowest BCUT2D eigenvalue weighted by molar-refractivity contribution is 0.0600. The van der Waals surface area contributed by atoms with E-state index in [2.05, 4.69) is 30.5 Å². The number of carbonyl (C=O) groups excluding carboxylic acids is 1. The molecule has 0 fully saturated rings. The summed E-state index contributed by atoms with van der Waals surface area (Å²) in [5, 5.41) is 2.93. The van der Waals surface area contributed by atoms with Crippen molar-refractivity contribution in [1.82, 2.24) is 4.98 Å². The first-order chi connectivity index (χ1) is 9.79. The molecule has 3 nitrogen and oxygen atoms in total. The van der Waals surface area contributed by atoms with E-state index in [0.29, 0.717) is 12.0 Å². The summed E-state index contributed by atoms with van der Waals surface area (Å²) < 4.78 is 18.2. The molecule has 0 bridgehead atoms. The van der Waals surface area contributed by atoms with Gasteiger partial charge >= 0.3 is 5.97 Å². The summed E-state index contributed by atoms with van der Waals surface area (Å²) in [5.41, 5.74) is 1.95. The van der Waals surface area contributed by atoms with Gasteiger partial charge in [-0.3, -0.25) is 0 Å². The molecule has 21 heavy (non-hydrogen) atoms. The number of benzene rings is 1. The van der Waals surface area contributed by atoms with Crippen LogP contribution in [-0.4, -0.2) is 18.1 Å². The Bertz CT molecular complexity index is 659. The smallest absolute Gasteiger partial charge is 0.337 e. The minimum atomic E-state index is -0.537. The van der Waals surface area contributed by atoms with Crippen LogP contribution < -0.4 is 0 Å². The molecule has 2 rings (SSSR count). The monoisotopic (exact) mass is 307 g/mol. The summed E-state index contributed by atoms with van der Waals surface area (Å²) in [6.45, 7) is 6.30. The number of halogens is 1. The van der Waals surface area contributed by atoms with E-state index < -0.39 is 11.8 Å². The Morgan fingerprint density at radius 1 is 1.33 bits per heavy atom. The fourth-order valence-corrected chi connectivity index (χ4v) is 2.95. The van der Waals surface area contributed by atoms with Gasteiger partial charge in [0, 0.05) is 17.2 Å². The van der Waals surface area contributed by atoms with E-state index in [-0.39, 0.29) is 11.0 Å². The first-order valence-electron chi connectivity index (χ1n) is 6.62. The summed E-state index contributed by atoms with van der Waals surface area (Å²) in [4.78, 5) is 16.1. The van der Waals surface area contributed by atoms with E-state index in [0.717, 1.165) is 10.7 Å². The topological polar surface area (TPSA) is 39.2 Å². The molecule has 0 radical (unpaired) electrons. The lowest BCUT2D eigenvalue weighted by atomic mass is 9.93. The molecule has 0 amide bonds. The Kier molecular flexibility index (Phi) is 4.42. The Morgan fingerprint density at radius 2 is 2.05 bits per heavy atom. The van der Waals surface area contributed by atoms with Crippen molar-refractivity contribution in [3.63, 3.8) is 0 Å². The standard InChI is InChI=1S/C16H18FNO2S/c1-16(2,3)13-9-21-14(18-13)7-10-5-11(15(19)20-4)8-12(17)6-10/h5-6,8-9H,7H2,1-4H3. The third-order valence-corrected chi connectivity index (χ3v) is 3.90. The minimum Gasteiger partial charge on any atom is -0.465 e. The number of aromatic nitrogens is 1. The van der Waals surface area contributed by atoms with Crippen LogP contribution in [0.2, 0.25) is 0 Å². The molecule has 0 aliphatic rings. The number of hydrogen-bond acceptors (Lipinski definition) is 4. The molecule has 2 aromatic rings. The molecule has 112 valence electrons. The Hall–Kier alpha value is -1.75. The molecule has 0 saturated heterocycles. The van der Waals surface area contributed by atoms with Crippen molar-refractivity contribution in [3.8, 4) is 0 Å². The highest BCUT2D eigenvalue weighted by Gasteiger charge is 2.18. The number of thiazole rings is 1. The van der Waals surface area contributed by atoms with Crippen molar-refractivity contribution in [1.29, 1.82) is 0 Å². The van der Waals surface area contributed by atoms with Crippen LogP contribution in [0.5, 0.6) is 0 Å². The van der Waals surface area contributed by atoms with E-state index in [4.69, 9.17) is 0 Å². The SMILES string of the molecule is COC(=O)c1cc(F)cc(Cc2nc(C(C)(C)C)cs2)c1. The van der Waals surface area contributed by atoms with E-state index in [1.54, 1.807) is 17.4 Å². The summed E-state index contributed by atoms with van der Waals surface area (Å²) >= 11 is 1.55. The molecule has 0 aliphatic carbocycles. The Labute approximate surface area is 127 Å². The third-order valence-electron chi connectivity index (χ3n) is 3.05. The fraction of sp³-hybridized carbons (Fsp3) is 0.375. The van der Waals surface area contributed by atoms with Crippen LogP contribution in [0, 0.1) is 5.82 Å². The third kappa shape index (κ3) is 3.88. The first-order valence-corrected chi connectivity index (χ1v) is 7.50. The van der Waals surface area contributed by atoms with Crippen LogP contribution in [0.1, 0.15) is 47.4 Å². The van der Waals surface area contributed by atoms with Crippen LogP contribution in [0.3, 0.4) is 0 Å². The molecule has 1 aromatic heterocycles. The van der Waals surface area contributed by atoms with Crippen molar-refractivity contribution >= 4 is 17.3 Å². The molecule has 1 heterocycles. The van der Waals surface area contributed by atoms with Crippen molar-refractivity contribution < 1.29 is 13.9 Å². The molecule has 0 spiro atoms. The lowest BCUT2D eigenvalue weighted by Crippen LogP contribution is -2.11. The summed E-state index contributed by atoms with van der Waals surface area (Å²) in [7, 11) is 1.28. The average Bonchev–Trinajstić information content (AvgIpc) is 2.85. The zero-order valence-electron chi connectivity index (χ0n) is 12.6. The maximum atomic E-state index is 13.6. The molecule has 5 heteroatoms. The van der Waals surface area contributed by atoms with Gasteiger partial charge in [-0.2, -0.15) is 0 Å². The lowest BCUT2D eigenvalue weighted by Gasteiger charge is -2.14. The van der Waals surface area contributed by atoms with E-state index in [9.17, 15) is 9.18 Å². The van der Waals surface area contributed by atoms with E-state index in [1.165, 1.54) is 19.2 Å². The van der Waals surface area contributed by atoms with Crippen molar-refractivity contribution in [2.24, 2.45) is 0 Å². The van der Waals surface area contributed by atoms with Gasteiger partial charge in [0.05, 0.1) is 23.4 Å². The van der Waals surface area contributed by atoms with Crippen LogP contribution >= 0.6 is 11.3 Å². The normalized spacial score (nSPS) is 11.5. The van der Waals surface area contributed by atoms with Crippen molar-refractivity contribution in [3.05, 3.63) is 51.2 Å².